The van der Waals surface area contributed by atoms with E-state index < -0.39 is 11.8 Å². The summed E-state index contributed by atoms with van der Waals surface area (Å²) in [6, 6.07) is 15.1. The summed E-state index contributed by atoms with van der Waals surface area (Å²) in [6.45, 7) is 2.36. The van der Waals surface area contributed by atoms with Crippen LogP contribution in [-0.4, -0.2) is 50.4 Å². The van der Waals surface area contributed by atoms with Crippen molar-refractivity contribution in [3.63, 3.8) is 0 Å². The van der Waals surface area contributed by atoms with Crippen molar-refractivity contribution >= 4 is 34.8 Å². The van der Waals surface area contributed by atoms with E-state index >= 15 is 0 Å². The molecule has 2 amide bonds. The molecule has 0 aromatic heterocycles. The van der Waals surface area contributed by atoms with Crippen molar-refractivity contribution in [2.75, 3.05) is 43.9 Å². The van der Waals surface area contributed by atoms with Gasteiger partial charge in [-0.1, -0.05) is 29.8 Å². The first kappa shape index (κ1) is 21.1. The van der Waals surface area contributed by atoms with Crippen LogP contribution in [0, 0.1) is 0 Å². The van der Waals surface area contributed by atoms with E-state index in [0.29, 0.717) is 17.3 Å². The Morgan fingerprint density at radius 1 is 1.07 bits per heavy atom. The topological polar surface area (TPSA) is 64.7 Å². The van der Waals surface area contributed by atoms with Crippen LogP contribution in [0.3, 0.4) is 0 Å². The summed E-state index contributed by atoms with van der Waals surface area (Å²) in [6.07, 6.45) is 2.30. The summed E-state index contributed by atoms with van der Waals surface area (Å²) in [5.74, 6) is -1.35. The Hall–Kier alpha value is -2.57. The SMILES string of the molecule is CN(C)c1ccc([C@@H](CNC(=O)C(=O)Nc2cccc(Cl)c2)N2CCCC2)cc1. The molecule has 1 saturated heterocycles. The van der Waals surface area contributed by atoms with Crippen LogP contribution in [0.4, 0.5) is 11.4 Å². The second-order valence-corrected chi connectivity index (χ2v) is 7.86. The van der Waals surface area contributed by atoms with Crippen LogP contribution >= 0.6 is 11.6 Å². The van der Waals surface area contributed by atoms with Gasteiger partial charge in [0.2, 0.25) is 0 Å². The molecule has 6 nitrogen and oxygen atoms in total. The molecule has 1 aliphatic rings. The molecule has 2 aromatic rings. The van der Waals surface area contributed by atoms with Crippen molar-refractivity contribution in [1.29, 1.82) is 0 Å². The number of anilines is 2. The van der Waals surface area contributed by atoms with Crippen molar-refractivity contribution < 1.29 is 9.59 Å². The number of likely N-dealkylation sites (tertiary alicyclic amines) is 1. The van der Waals surface area contributed by atoms with E-state index in [1.807, 2.05) is 14.1 Å². The molecule has 3 rings (SSSR count). The van der Waals surface area contributed by atoms with Gasteiger partial charge >= 0.3 is 11.8 Å². The normalized spacial score (nSPS) is 15.0. The Morgan fingerprint density at radius 2 is 1.76 bits per heavy atom. The molecule has 7 heteroatoms. The lowest BCUT2D eigenvalue weighted by Crippen LogP contribution is -2.41. The summed E-state index contributed by atoms with van der Waals surface area (Å²) in [5, 5.41) is 5.87. The standard InChI is InChI=1S/C22H27ClN4O2/c1-26(2)19-10-8-16(9-11-19)20(27-12-3-4-13-27)15-24-21(28)22(29)25-18-7-5-6-17(23)14-18/h5-11,14,20H,3-4,12-13,15H2,1-2H3,(H,24,28)(H,25,29)/t20-/m1/s1. The Bertz CT molecular complexity index is 848. The lowest BCUT2D eigenvalue weighted by Gasteiger charge is -2.28. The first-order chi connectivity index (χ1) is 13.9. The number of rotatable bonds is 6. The first-order valence-electron chi connectivity index (χ1n) is 9.80. The molecule has 0 radical (unpaired) electrons. The van der Waals surface area contributed by atoms with E-state index in [1.165, 1.54) is 0 Å². The number of hydrogen-bond acceptors (Lipinski definition) is 4. The monoisotopic (exact) mass is 414 g/mol. The van der Waals surface area contributed by atoms with E-state index in [-0.39, 0.29) is 6.04 Å². The van der Waals surface area contributed by atoms with E-state index in [0.717, 1.165) is 37.2 Å². The molecule has 0 aliphatic carbocycles. The molecule has 1 fully saturated rings. The van der Waals surface area contributed by atoms with Gasteiger partial charge < -0.3 is 15.5 Å². The molecule has 1 heterocycles. The number of nitrogens with zero attached hydrogens (tertiary/aromatic N) is 2. The second-order valence-electron chi connectivity index (χ2n) is 7.42. The summed E-state index contributed by atoms with van der Waals surface area (Å²) >= 11 is 5.92. The number of carbonyl (C=O) groups excluding carboxylic acids is 2. The van der Waals surface area contributed by atoms with Gasteiger partial charge in [-0.3, -0.25) is 14.5 Å². The highest BCUT2D eigenvalue weighted by Gasteiger charge is 2.25. The number of nitrogens with one attached hydrogen (secondary N) is 2. The largest absolute Gasteiger partial charge is 0.378 e. The molecule has 29 heavy (non-hydrogen) atoms. The lowest BCUT2D eigenvalue weighted by molar-refractivity contribution is -0.136. The van der Waals surface area contributed by atoms with Crippen LogP contribution in [0.25, 0.3) is 0 Å². The lowest BCUT2D eigenvalue weighted by atomic mass is 10.0. The van der Waals surface area contributed by atoms with Crippen molar-refractivity contribution in [2.24, 2.45) is 0 Å². The second kappa shape index (κ2) is 9.76. The Kier molecular flexibility index (Phi) is 7.12. The first-order valence-corrected chi connectivity index (χ1v) is 10.2. The summed E-state index contributed by atoms with van der Waals surface area (Å²) in [7, 11) is 4.01. The molecular weight excluding hydrogens is 388 g/mol. The van der Waals surface area contributed by atoms with Gasteiger partial charge in [-0.15, -0.1) is 0 Å². The van der Waals surface area contributed by atoms with E-state index in [4.69, 9.17) is 11.6 Å². The van der Waals surface area contributed by atoms with Crippen molar-refractivity contribution in [1.82, 2.24) is 10.2 Å². The fraction of sp³-hybridized carbons (Fsp3) is 0.364. The average molecular weight is 415 g/mol. The Morgan fingerprint density at radius 3 is 2.38 bits per heavy atom. The summed E-state index contributed by atoms with van der Waals surface area (Å²) < 4.78 is 0. The Balaban J connectivity index is 1.64. The number of amides is 2. The van der Waals surface area contributed by atoms with Crippen LogP contribution in [0.2, 0.25) is 5.02 Å². The number of benzene rings is 2. The maximum absolute atomic E-state index is 12.3. The quantitative estimate of drug-likeness (QED) is 0.712. The van der Waals surface area contributed by atoms with Crippen LogP contribution < -0.4 is 15.5 Å². The molecule has 1 atom stereocenters. The van der Waals surface area contributed by atoms with E-state index in [1.54, 1.807) is 24.3 Å². The smallest absolute Gasteiger partial charge is 0.313 e. The Labute approximate surface area is 176 Å². The number of hydrogen-bond donors (Lipinski definition) is 2. The molecule has 2 aromatic carbocycles. The highest BCUT2D eigenvalue weighted by molar-refractivity contribution is 6.39. The minimum atomic E-state index is -0.699. The van der Waals surface area contributed by atoms with Crippen LogP contribution in [0.15, 0.2) is 48.5 Å². The maximum atomic E-state index is 12.3. The minimum absolute atomic E-state index is 0.0385. The minimum Gasteiger partial charge on any atom is -0.378 e. The van der Waals surface area contributed by atoms with Gasteiger partial charge in [0.15, 0.2) is 0 Å². The third-order valence-electron chi connectivity index (χ3n) is 5.12. The van der Waals surface area contributed by atoms with Crippen LogP contribution in [0.5, 0.6) is 0 Å². The summed E-state index contributed by atoms with van der Waals surface area (Å²) in [5.41, 5.74) is 2.75. The van der Waals surface area contributed by atoms with Gasteiger partial charge in [0.05, 0.1) is 6.04 Å². The molecule has 0 spiro atoms. The fourth-order valence-electron chi connectivity index (χ4n) is 3.53. The molecular formula is C22H27ClN4O2. The van der Waals surface area contributed by atoms with Gasteiger partial charge in [0.1, 0.15) is 0 Å². The molecule has 1 aliphatic heterocycles. The van der Waals surface area contributed by atoms with Crippen LogP contribution in [0.1, 0.15) is 24.4 Å². The zero-order chi connectivity index (χ0) is 20.8. The average Bonchev–Trinajstić information content (AvgIpc) is 3.23. The number of halogens is 1. The summed E-state index contributed by atoms with van der Waals surface area (Å²) in [4.78, 5) is 29.0. The van der Waals surface area contributed by atoms with Crippen LogP contribution in [-0.2, 0) is 9.59 Å². The van der Waals surface area contributed by atoms with E-state index in [2.05, 4.69) is 44.7 Å². The zero-order valence-corrected chi connectivity index (χ0v) is 17.6. The van der Waals surface area contributed by atoms with Crippen molar-refractivity contribution in [3.8, 4) is 0 Å². The van der Waals surface area contributed by atoms with Gasteiger partial charge in [-0.05, 0) is 61.8 Å². The molecule has 154 valence electrons. The molecule has 0 unspecified atom stereocenters. The number of carbonyl (C=O) groups is 2. The fourth-order valence-corrected chi connectivity index (χ4v) is 3.72. The third-order valence-corrected chi connectivity index (χ3v) is 5.36. The third kappa shape index (κ3) is 5.71. The highest BCUT2D eigenvalue weighted by atomic mass is 35.5. The van der Waals surface area contributed by atoms with Crippen molar-refractivity contribution in [3.05, 3.63) is 59.1 Å². The molecule has 0 saturated carbocycles. The van der Waals surface area contributed by atoms with Gasteiger partial charge in [-0.2, -0.15) is 0 Å². The zero-order valence-electron chi connectivity index (χ0n) is 16.8. The predicted molar refractivity (Wildman–Crippen MR) is 117 cm³/mol. The van der Waals surface area contributed by atoms with Gasteiger partial charge in [0, 0.05) is 37.0 Å². The van der Waals surface area contributed by atoms with Crippen molar-refractivity contribution in [2.45, 2.75) is 18.9 Å². The molecule has 0 bridgehead atoms. The molecule has 2 N–H and O–H groups in total. The van der Waals surface area contributed by atoms with Gasteiger partial charge in [-0.25, -0.2) is 0 Å². The highest BCUT2D eigenvalue weighted by Crippen LogP contribution is 2.26. The maximum Gasteiger partial charge on any atom is 0.313 e. The predicted octanol–water partition coefficient (Wildman–Crippen LogP) is 3.30. The van der Waals surface area contributed by atoms with E-state index in [9.17, 15) is 9.59 Å². The van der Waals surface area contributed by atoms with Gasteiger partial charge in [0.25, 0.3) is 0 Å².